The predicted octanol–water partition coefficient (Wildman–Crippen LogP) is 3.79. The molecule has 0 fully saturated rings. The maximum absolute atomic E-state index is 11.0. The van der Waals surface area contributed by atoms with Crippen molar-refractivity contribution in [1.82, 2.24) is 4.98 Å². The molecule has 2 aromatic rings. The van der Waals surface area contributed by atoms with Gasteiger partial charge in [0.1, 0.15) is 5.75 Å². The Bertz CT molecular complexity index is 736. The highest BCUT2D eigenvalue weighted by Crippen LogP contribution is 2.37. The molecule has 108 valence electrons. The van der Waals surface area contributed by atoms with Gasteiger partial charge in [-0.25, -0.2) is 4.79 Å². The van der Waals surface area contributed by atoms with Gasteiger partial charge in [0.15, 0.2) is 0 Å². The number of carbonyl (C=O) groups is 1. The van der Waals surface area contributed by atoms with Gasteiger partial charge in [-0.1, -0.05) is 23.2 Å². The minimum atomic E-state index is -1.20. The molecular formula is C12H6Cl2N2O5. The number of carboxylic acid groups (broad SMARTS) is 1. The molecule has 0 saturated heterocycles. The van der Waals surface area contributed by atoms with Gasteiger partial charge in [-0.15, -0.1) is 0 Å². The lowest BCUT2D eigenvalue weighted by atomic mass is 10.2. The zero-order valence-corrected chi connectivity index (χ0v) is 11.6. The third kappa shape index (κ3) is 3.39. The number of pyridine rings is 1. The molecule has 1 aromatic carbocycles. The average Bonchev–Trinajstić information content (AvgIpc) is 2.42. The zero-order chi connectivity index (χ0) is 15.6. The quantitative estimate of drug-likeness (QED) is 0.676. The van der Waals surface area contributed by atoms with Crippen LogP contribution >= 0.6 is 23.2 Å². The summed E-state index contributed by atoms with van der Waals surface area (Å²) in [5.41, 5.74) is -0.514. The number of nitrogens with zero attached hydrogens (tertiary/aromatic N) is 2. The third-order valence-corrected chi connectivity index (χ3v) is 3.11. The van der Waals surface area contributed by atoms with Crippen molar-refractivity contribution in [2.75, 3.05) is 0 Å². The van der Waals surface area contributed by atoms with Crippen LogP contribution in [-0.4, -0.2) is 21.0 Å². The minimum Gasteiger partial charge on any atom is -0.478 e. The second-order valence-electron chi connectivity index (χ2n) is 3.81. The van der Waals surface area contributed by atoms with Crippen molar-refractivity contribution in [3.05, 3.63) is 56.3 Å². The second kappa shape index (κ2) is 5.94. The Hall–Kier alpha value is -2.38. The molecule has 9 heteroatoms. The Balaban J connectivity index is 2.43. The zero-order valence-electron chi connectivity index (χ0n) is 10.1. The first kappa shape index (κ1) is 15.0. The van der Waals surface area contributed by atoms with Gasteiger partial charge in [-0.3, -0.25) is 15.1 Å². The van der Waals surface area contributed by atoms with E-state index in [-0.39, 0.29) is 27.1 Å². The van der Waals surface area contributed by atoms with Gasteiger partial charge in [0.2, 0.25) is 5.75 Å². The molecule has 1 heterocycles. The topological polar surface area (TPSA) is 103 Å². The monoisotopic (exact) mass is 328 g/mol. The number of aromatic carboxylic acids is 1. The van der Waals surface area contributed by atoms with Crippen molar-refractivity contribution < 1.29 is 19.6 Å². The van der Waals surface area contributed by atoms with Crippen molar-refractivity contribution in [2.24, 2.45) is 0 Å². The van der Waals surface area contributed by atoms with Crippen LogP contribution in [0.25, 0.3) is 0 Å². The summed E-state index contributed by atoms with van der Waals surface area (Å²) in [6.45, 7) is 0. The molecule has 7 nitrogen and oxygen atoms in total. The van der Waals surface area contributed by atoms with Crippen molar-refractivity contribution in [3.8, 4) is 11.5 Å². The number of nitro benzene ring substituents is 1. The van der Waals surface area contributed by atoms with E-state index in [4.69, 9.17) is 33.0 Å². The summed E-state index contributed by atoms with van der Waals surface area (Å²) in [4.78, 5) is 24.8. The normalized spacial score (nSPS) is 10.2. The number of hydrogen-bond acceptors (Lipinski definition) is 5. The number of hydrogen-bond donors (Lipinski definition) is 1. The summed E-state index contributed by atoms with van der Waals surface area (Å²) in [5.74, 6) is -1.34. The molecular weight excluding hydrogens is 323 g/mol. The van der Waals surface area contributed by atoms with E-state index >= 15 is 0 Å². The van der Waals surface area contributed by atoms with Crippen LogP contribution in [-0.2, 0) is 0 Å². The predicted molar refractivity (Wildman–Crippen MR) is 74.4 cm³/mol. The highest BCUT2D eigenvalue weighted by Gasteiger charge is 2.19. The van der Waals surface area contributed by atoms with E-state index in [0.717, 1.165) is 12.3 Å². The molecule has 21 heavy (non-hydrogen) atoms. The SMILES string of the molecule is O=C(O)c1cncc(Oc2cc(Cl)c(Cl)cc2[N+](=O)[O-])c1. The third-order valence-electron chi connectivity index (χ3n) is 2.39. The van der Waals surface area contributed by atoms with Crippen LogP contribution in [0.2, 0.25) is 10.0 Å². The Morgan fingerprint density at radius 3 is 2.52 bits per heavy atom. The fraction of sp³-hybridized carbons (Fsp3) is 0. The van der Waals surface area contributed by atoms with E-state index in [1.165, 1.54) is 18.3 Å². The molecule has 0 spiro atoms. The number of carboxylic acids is 1. The lowest BCUT2D eigenvalue weighted by Gasteiger charge is -2.07. The Kier molecular flexibility index (Phi) is 4.25. The van der Waals surface area contributed by atoms with E-state index in [1.807, 2.05) is 0 Å². The molecule has 0 unspecified atom stereocenters. The van der Waals surface area contributed by atoms with Gasteiger partial charge in [0.25, 0.3) is 0 Å². The Labute approximate surface area is 127 Å². The summed E-state index contributed by atoms with van der Waals surface area (Å²) in [5, 5.41) is 19.9. The van der Waals surface area contributed by atoms with Gasteiger partial charge in [-0.05, 0) is 6.07 Å². The molecule has 1 aromatic heterocycles. The molecule has 0 atom stereocenters. The first-order valence-electron chi connectivity index (χ1n) is 5.38. The number of benzene rings is 1. The fourth-order valence-corrected chi connectivity index (χ4v) is 1.77. The molecule has 0 aliphatic rings. The maximum Gasteiger partial charge on any atom is 0.337 e. The van der Waals surface area contributed by atoms with Crippen LogP contribution < -0.4 is 4.74 Å². The second-order valence-corrected chi connectivity index (χ2v) is 4.62. The van der Waals surface area contributed by atoms with Crippen LogP contribution in [0.3, 0.4) is 0 Å². The average molecular weight is 329 g/mol. The fourth-order valence-electron chi connectivity index (χ4n) is 1.46. The standard InChI is InChI=1S/C12H6Cl2N2O5/c13-8-2-10(16(19)20)11(3-9(8)14)21-7-1-6(12(17)18)4-15-5-7/h1-5H,(H,17,18). The molecule has 2 rings (SSSR count). The molecule has 0 aliphatic carbocycles. The van der Waals surface area contributed by atoms with Gasteiger partial charge >= 0.3 is 11.7 Å². The van der Waals surface area contributed by atoms with E-state index in [2.05, 4.69) is 4.98 Å². The molecule has 0 saturated carbocycles. The van der Waals surface area contributed by atoms with Crippen LogP contribution in [0.5, 0.6) is 11.5 Å². The van der Waals surface area contributed by atoms with E-state index < -0.39 is 16.6 Å². The first-order chi connectivity index (χ1) is 9.88. The van der Waals surface area contributed by atoms with Crippen LogP contribution in [0, 0.1) is 10.1 Å². The van der Waals surface area contributed by atoms with Crippen molar-refractivity contribution >= 4 is 34.9 Å². The lowest BCUT2D eigenvalue weighted by Crippen LogP contribution is -1.98. The lowest BCUT2D eigenvalue weighted by molar-refractivity contribution is -0.385. The van der Waals surface area contributed by atoms with Crippen LogP contribution in [0.4, 0.5) is 5.69 Å². The van der Waals surface area contributed by atoms with Crippen molar-refractivity contribution in [1.29, 1.82) is 0 Å². The number of aromatic nitrogens is 1. The van der Waals surface area contributed by atoms with Gasteiger partial charge in [0, 0.05) is 18.3 Å². The number of rotatable bonds is 4. The summed E-state index contributed by atoms with van der Waals surface area (Å²) in [7, 11) is 0. The molecule has 0 radical (unpaired) electrons. The molecule has 0 amide bonds. The number of ether oxygens (including phenoxy) is 1. The number of halogens is 2. The smallest absolute Gasteiger partial charge is 0.337 e. The van der Waals surface area contributed by atoms with Crippen LogP contribution in [0.15, 0.2) is 30.6 Å². The van der Waals surface area contributed by atoms with E-state index in [9.17, 15) is 14.9 Å². The maximum atomic E-state index is 11.0. The van der Waals surface area contributed by atoms with Crippen LogP contribution in [0.1, 0.15) is 10.4 Å². The van der Waals surface area contributed by atoms with Crippen molar-refractivity contribution in [2.45, 2.75) is 0 Å². The Morgan fingerprint density at radius 1 is 1.24 bits per heavy atom. The van der Waals surface area contributed by atoms with E-state index in [1.54, 1.807) is 0 Å². The highest BCUT2D eigenvalue weighted by atomic mass is 35.5. The van der Waals surface area contributed by atoms with Crippen molar-refractivity contribution in [3.63, 3.8) is 0 Å². The Morgan fingerprint density at radius 2 is 1.90 bits per heavy atom. The van der Waals surface area contributed by atoms with Gasteiger partial charge in [0.05, 0.1) is 26.7 Å². The summed E-state index contributed by atoms with van der Waals surface area (Å²) < 4.78 is 5.29. The van der Waals surface area contributed by atoms with Gasteiger partial charge < -0.3 is 9.84 Å². The number of nitro groups is 1. The first-order valence-corrected chi connectivity index (χ1v) is 6.13. The summed E-state index contributed by atoms with van der Waals surface area (Å²) >= 11 is 11.5. The molecule has 1 N–H and O–H groups in total. The highest BCUT2D eigenvalue weighted by molar-refractivity contribution is 6.42. The summed E-state index contributed by atoms with van der Waals surface area (Å²) in [6, 6.07) is 3.41. The molecule has 0 aliphatic heterocycles. The summed E-state index contributed by atoms with van der Waals surface area (Å²) in [6.07, 6.45) is 2.34. The minimum absolute atomic E-state index is 0.00753. The largest absolute Gasteiger partial charge is 0.478 e. The van der Waals surface area contributed by atoms with E-state index in [0.29, 0.717) is 0 Å². The molecule has 0 bridgehead atoms. The van der Waals surface area contributed by atoms with Gasteiger partial charge in [-0.2, -0.15) is 0 Å².